The zero-order chi connectivity index (χ0) is 15.8. The molecule has 2 aromatic rings. The molecule has 2 fully saturated rings. The van der Waals surface area contributed by atoms with Crippen LogP contribution in [0.4, 0.5) is 0 Å². The predicted octanol–water partition coefficient (Wildman–Crippen LogP) is 2.63. The number of thiazole rings is 1. The van der Waals surface area contributed by atoms with Crippen molar-refractivity contribution in [3.8, 4) is 16.1 Å². The second-order valence-electron chi connectivity index (χ2n) is 5.74. The first-order valence-corrected chi connectivity index (χ1v) is 9.25. The van der Waals surface area contributed by atoms with Gasteiger partial charge < -0.3 is 20.1 Å². The van der Waals surface area contributed by atoms with Crippen LogP contribution in [0.3, 0.4) is 0 Å². The Morgan fingerprint density at radius 1 is 1.43 bits per heavy atom. The molecule has 8 heteroatoms. The van der Waals surface area contributed by atoms with E-state index in [0.717, 1.165) is 12.8 Å². The second kappa shape index (κ2) is 6.10. The zero-order valence-corrected chi connectivity index (χ0v) is 14.2. The molecule has 122 valence electrons. The summed E-state index contributed by atoms with van der Waals surface area (Å²) in [5.41, 5.74) is 0. The van der Waals surface area contributed by atoms with Crippen molar-refractivity contribution in [2.45, 2.75) is 37.4 Å². The molecule has 6 nitrogen and oxygen atoms in total. The maximum absolute atomic E-state index is 12.4. The molecule has 4 heterocycles. The largest absolute Gasteiger partial charge is 0.480 e. The Bertz CT molecular complexity index is 714. The lowest BCUT2D eigenvalue weighted by molar-refractivity contribution is 0.0935. The summed E-state index contributed by atoms with van der Waals surface area (Å²) in [6, 6.07) is 4.85. The van der Waals surface area contributed by atoms with Crippen LogP contribution in [0.1, 0.15) is 28.9 Å². The number of fused-ring (bicyclic) bond motifs is 2. The number of nitrogens with one attached hydrogen (secondary N) is 2. The summed E-state index contributed by atoms with van der Waals surface area (Å²) in [6.45, 7) is 0. The van der Waals surface area contributed by atoms with Crippen LogP contribution in [-0.2, 0) is 0 Å². The number of hydrogen-bond donors (Lipinski definition) is 2. The lowest BCUT2D eigenvalue weighted by Crippen LogP contribution is -2.42. The summed E-state index contributed by atoms with van der Waals surface area (Å²) in [4.78, 5) is 17.2. The van der Waals surface area contributed by atoms with Crippen molar-refractivity contribution in [2.24, 2.45) is 0 Å². The number of methoxy groups -OCH3 is 1. The van der Waals surface area contributed by atoms with Gasteiger partial charge in [-0.2, -0.15) is 4.98 Å². The highest BCUT2D eigenvalue weighted by Crippen LogP contribution is 2.33. The van der Waals surface area contributed by atoms with Gasteiger partial charge in [0.15, 0.2) is 5.06 Å². The van der Waals surface area contributed by atoms with Gasteiger partial charge in [0, 0.05) is 18.1 Å². The summed E-state index contributed by atoms with van der Waals surface area (Å²) < 4.78 is 10.7. The molecule has 4 rings (SSSR count). The number of ether oxygens (including phenoxy) is 2. The van der Waals surface area contributed by atoms with Gasteiger partial charge in [-0.15, -0.1) is 0 Å². The quantitative estimate of drug-likeness (QED) is 0.866. The normalized spacial score (nSPS) is 25.5. The van der Waals surface area contributed by atoms with Gasteiger partial charge in [-0.25, -0.2) is 0 Å². The van der Waals surface area contributed by atoms with Gasteiger partial charge in [0.2, 0.25) is 5.88 Å². The van der Waals surface area contributed by atoms with Gasteiger partial charge in [0.1, 0.15) is 0 Å². The Kier molecular flexibility index (Phi) is 3.96. The summed E-state index contributed by atoms with van der Waals surface area (Å²) in [5.74, 6) is 0.504. The zero-order valence-electron chi connectivity index (χ0n) is 12.6. The van der Waals surface area contributed by atoms with E-state index in [4.69, 9.17) is 9.47 Å². The number of nitrogens with zero attached hydrogens (tertiary/aromatic N) is 1. The van der Waals surface area contributed by atoms with Crippen LogP contribution >= 0.6 is 22.7 Å². The van der Waals surface area contributed by atoms with Gasteiger partial charge in [0.05, 0.1) is 17.4 Å². The average molecular weight is 351 g/mol. The van der Waals surface area contributed by atoms with Crippen molar-refractivity contribution in [2.75, 3.05) is 7.11 Å². The van der Waals surface area contributed by atoms with Gasteiger partial charge in [-0.3, -0.25) is 4.79 Å². The molecule has 0 saturated carbocycles. The third-order valence-corrected chi connectivity index (χ3v) is 5.94. The number of thiophene rings is 1. The minimum Gasteiger partial charge on any atom is -0.480 e. The predicted molar refractivity (Wildman–Crippen MR) is 88.9 cm³/mol. The number of carbonyl (C=O) groups excluding carboxylic acids is 1. The summed E-state index contributed by atoms with van der Waals surface area (Å²) in [5, 5.41) is 9.60. The first-order chi connectivity index (χ1) is 11.2. The Labute approximate surface area is 141 Å². The van der Waals surface area contributed by atoms with Crippen molar-refractivity contribution >= 4 is 28.6 Å². The fraction of sp³-hybridized carbons (Fsp3) is 0.467. The lowest BCUT2D eigenvalue weighted by Gasteiger charge is -2.20. The van der Waals surface area contributed by atoms with Gasteiger partial charge >= 0.3 is 0 Å². The number of amides is 1. The van der Waals surface area contributed by atoms with E-state index in [1.807, 2.05) is 0 Å². The van der Waals surface area contributed by atoms with Crippen LogP contribution in [-0.4, -0.2) is 36.1 Å². The van der Waals surface area contributed by atoms with Crippen molar-refractivity contribution in [3.05, 3.63) is 22.4 Å². The Balaban J connectivity index is 1.38. The van der Waals surface area contributed by atoms with Crippen molar-refractivity contribution in [1.29, 1.82) is 0 Å². The highest BCUT2D eigenvalue weighted by molar-refractivity contribution is 7.16. The Hall–Kier alpha value is -1.64. The lowest BCUT2D eigenvalue weighted by atomic mass is 9.95. The SMILES string of the molecule is COc1csc(Oc2ccc(C(=O)NC3CC4CCC3N4)s2)n1. The van der Waals surface area contributed by atoms with Crippen LogP contribution in [0.5, 0.6) is 16.1 Å². The Morgan fingerprint density at radius 3 is 3.04 bits per heavy atom. The highest BCUT2D eigenvalue weighted by Gasteiger charge is 2.39. The molecule has 0 spiro atoms. The number of hydrogen-bond acceptors (Lipinski definition) is 7. The molecule has 0 radical (unpaired) electrons. The summed E-state index contributed by atoms with van der Waals surface area (Å²) in [6.07, 6.45) is 3.41. The van der Waals surface area contributed by atoms with E-state index >= 15 is 0 Å². The van der Waals surface area contributed by atoms with Gasteiger partial charge in [-0.1, -0.05) is 22.7 Å². The third-order valence-electron chi connectivity index (χ3n) is 4.28. The molecular weight excluding hydrogens is 334 g/mol. The summed E-state index contributed by atoms with van der Waals surface area (Å²) in [7, 11) is 1.57. The third kappa shape index (κ3) is 3.06. The molecule has 0 aromatic carbocycles. The molecular formula is C15H17N3O3S2. The van der Waals surface area contributed by atoms with Crippen molar-refractivity contribution < 1.29 is 14.3 Å². The van der Waals surface area contributed by atoms with Crippen LogP contribution in [0.25, 0.3) is 0 Å². The molecule has 3 unspecified atom stereocenters. The molecule has 2 aliphatic rings. The van der Waals surface area contributed by atoms with E-state index in [-0.39, 0.29) is 11.9 Å². The number of aromatic nitrogens is 1. The van der Waals surface area contributed by atoms with Crippen LogP contribution in [0.2, 0.25) is 0 Å². The van der Waals surface area contributed by atoms with E-state index in [1.165, 1.54) is 29.1 Å². The molecule has 0 aliphatic carbocycles. The van der Waals surface area contributed by atoms with Crippen LogP contribution < -0.4 is 20.1 Å². The number of rotatable bonds is 5. The van der Waals surface area contributed by atoms with E-state index in [0.29, 0.717) is 33.1 Å². The van der Waals surface area contributed by atoms with E-state index in [9.17, 15) is 4.79 Å². The fourth-order valence-electron chi connectivity index (χ4n) is 3.19. The molecule has 2 aliphatic heterocycles. The molecule has 2 aromatic heterocycles. The maximum atomic E-state index is 12.4. The maximum Gasteiger partial charge on any atom is 0.282 e. The van der Waals surface area contributed by atoms with Crippen molar-refractivity contribution in [3.63, 3.8) is 0 Å². The molecule has 2 N–H and O–H groups in total. The van der Waals surface area contributed by atoms with E-state index < -0.39 is 0 Å². The minimum absolute atomic E-state index is 0.0269. The van der Waals surface area contributed by atoms with E-state index in [2.05, 4.69) is 15.6 Å². The fourth-order valence-corrected chi connectivity index (χ4v) is 4.64. The molecule has 2 bridgehead atoms. The minimum atomic E-state index is -0.0269. The average Bonchev–Trinajstić information content (AvgIpc) is 3.32. The van der Waals surface area contributed by atoms with Crippen molar-refractivity contribution in [1.82, 2.24) is 15.6 Å². The first kappa shape index (κ1) is 14.9. The number of carbonyl (C=O) groups is 1. The smallest absolute Gasteiger partial charge is 0.282 e. The topological polar surface area (TPSA) is 72.5 Å². The van der Waals surface area contributed by atoms with Crippen LogP contribution in [0.15, 0.2) is 17.5 Å². The molecule has 23 heavy (non-hydrogen) atoms. The second-order valence-corrected chi connectivity index (χ2v) is 7.61. The highest BCUT2D eigenvalue weighted by atomic mass is 32.1. The van der Waals surface area contributed by atoms with Gasteiger partial charge in [-0.05, 0) is 31.4 Å². The standard InChI is InChI=1S/C15H17N3O3S2/c1-20-12-7-22-15(18-12)21-13-5-4-11(23-13)14(19)17-10-6-8-2-3-9(10)16-8/h4-5,7-10,16H,2-3,6H2,1H3,(H,17,19). The van der Waals surface area contributed by atoms with E-state index in [1.54, 1.807) is 24.6 Å². The summed E-state index contributed by atoms with van der Waals surface area (Å²) >= 11 is 2.69. The molecule has 2 saturated heterocycles. The monoisotopic (exact) mass is 351 g/mol. The van der Waals surface area contributed by atoms with Crippen LogP contribution in [0, 0.1) is 0 Å². The molecule has 3 atom stereocenters. The van der Waals surface area contributed by atoms with Gasteiger partial charge in [0.25, 0.3) is 11.1 Å². The Morgan fingerprint density at radius 2 is 2.35 bits per heavy atom. The first-order valence-electron chi connectivity index (χ1n) is 7.55. The molecule has 1 amide bonds.